The van der Waals surface area contributed by atoms with Crippen LogP contribution in [-0.4, -0.2) is 151 Å². The normalized spacial score (nSPS) is 18.2. The van der Waals surface area contributed by atoms with Crippen molar-refractivity contribution < 1.29 is 151 Å². The number of imide groups is 2. The van der Waals surface area contributed by atoms with Crippen molar-refractivity contribution in [3.63, 3.8) is 0 Å². The molecular formula is C64H79F8KN10O14S2. The number of urea groups is 2. The van der Waals surface area contributed by atoms with Crippen molar-refractivity contribution in [1.29, 1.82) is 0 Å². The summed E-state index contributed by atoms with van der Waals surface area (Å²) in [6.45, 7) is 22.1. The number of aryl methyl sites for hydroxylation is 4. The van der Waals surface area contributed by atoms with Crippen LogP contribution in [0.2, 0.25) is 0 Å². The molecule has 0 bridgehead atoms. The van der Waals surface area contributed by atoms with Gasteiger partial charge in [-0.2, -0.15) is 0 Å². The van der Waals surface area contributed by atoms with Crippen molar-refractivity contribution in [2.45, 2.75) is 169 Å². The van der Waals surface area contributed by atoms with E-state index in [-0.39, 0.29) is 139 Å². The molecule has 4 saturated heterocycles. The Morgan fingerprint density at radius 3 is 1.32 bits per heavy atom. The summed E-state index contributed by atoms with van der Waals surface area (Å²) in [4.78, 5) is 94.7. The zero-order valence-corrected chi connectivity index (χ0v) is 61.9. The number of hydrogen-bond acceptors (Lipinski definition) is 15. The molecule has 0 unspecified atom stereocenters. The zero-order chi connectivity index (χ0) is 74.0. The maximum absolute atomic E-state index is 13.9. The van der Waals surface area contributed by atoms with E-state index in [4.69, 9.17) is 5.73 Å². The molecule has 99 heavy (non-hydrogen) atoms. The fourth-order valence-electron chi connectivity index (χ4n) is 11.6. The van der Waals surface area contributed by atoms with Gasteiger partial charge in [-0.1, -0.05) is 34.6 Å². The van der Waals surface area contributed by atoms with Gasteiger partial charge in [-0.05, 0) is 188 Å². The van der Waals surface area contributed by atoms with Crippen molar-refractivity contribution in [2.75, 3.05) is 47.5 Å². The van der Waals surface area contributed by atoms with E-state index in [2.05, 4.69) is 35.7 Å². The number of alkyl halides is 6. The van der Waals surface area contributed by atoms with Gasteiger partial charge in [-0.25, -0.2) is 43.8 Å². The molecule has 0 saturated carbocycles. The third kappa shape index (κ3) is 19.9. The number of carbonyl (C=O) groups is 7. The Morgan fingerprint density at radius 1 is 0.606 bits per heavy atom. The molecule has 5 aliphatic rings. The van der Waals surface area contributed by atoms with E-state index < -0.39 is 131 Å². The minimum Gasteiger partial charge on any atom is -0.850 e. The number of ether oxygens (including phenoxy) is 2. The molecular weight excluding hydrogens is 1390 g/mol. The number of nitrogens with two attached hydrogens (primary N) is 1. The third-order valence-corrected chi connectivity index (χ3v) is 20.5. The Hall–Kier alpha value is -6.70. The molecule has 0 aliphatic carbocycles. The number of halogens is 8. The maximum atomic E-state index is 13.9. The molecule has 5 aliphatic heterocycles. The van der Waals surface area contributed by atoms with Crippen molar-refractivity contribution in [2.24, 2.45) is 10.7 Å². The van der Waals surface area contributed by atoms with Crippen LogP contribution < -0.4 is 103 Å². The van der Waals surface area contributed by atoms with Gasteiger partial charge in [0.05, 0.1) is 11.5 Å². The molecule has 4 aromatic rings. The smallest absolute Gasteiger partial charge is 0.850 e. The summed E-state index contributed by atoms with van der Waals surface area (Å²) in [7, 11) is -7.64. The average molecular weight is 1470 g/mol. The number of nitrogens with zero attached hydrogens (tertiary/aromatic N) is 5. The first kappa shape index (κ1) is 83.0. The van der Waals surface area contributed by atoms with Crippen molar-refractivity contribution in [3.8, 4) is 11.5 Å². The summed E-state index contributed by atoms with van der Waals surface area (Å²) < 4.78 is 167. The topological polar surface area (TPSA) is 329 Å². The second-order valence-corrected chi connectivity index (χ2v) is 29.9. The van der Waals surface area contributed by atoms with Crippen LogP contribution in [0.1, 0.15) is 137 Å². The van der Waals surface area contributed by atoms with Gasteiger partial charge in [-0.3, -0.25) is 49.4 Å². The molecule has 35 heteroatoms. The number of hydrogen-bond donors (Lipinski definition) is 5. The number of rotatable bonds is 16. The summed E-state index contributed by atoms with van der Waals surface area (Å²) in [6, 6.07) is 10.6. The number of sulfonamides is 2. The summed E-state index contributed by atoms with van der Waals surface area (Å²) in [5, 5.41) is 19.6. The number of aliphatic imine (C=N–C) groups is 1. The van der Waals surface area contributed by atoms with Gasteiger partial charge in [-0.15, -0.1) is 31.9 Å². The minimum atomic E-state index is -5.21. The van der Waals surface area contributed by atoms with E-state index >= 15 is 0 Å². The third-order valence-electron chi connectivity index (χ3n) is 16.7. The fourth-order valence-corrected chi connectivity index (χ4v) is 14.5. The Balaban J connectivity index is 0.000000324. The predicted molar refractivity (Wildman–Crippen MR) is 343 cm³/mol. The van der Waals surface area contributed by atoms with E-state index in [9.17, 15) is 90.6 Å². The van der Waals surface area contributed by atoms with E-state index in [0.717, 1.165) is 50.8 Å². The van der Waals surface area contributed by atoms with Crippen LogP contribution in [0.3, 0.4) is 0 Å². The van der Waals surface area contributed by atoms with Crippen molar-refractivity contribution >= 4 is 78.9 Å². The van der Waals surface area contributed by atoms with Gasteiger partial charge in [0.1, 0.15) is 28.0 Å². The first-order chi connectivity index (χ1) is 45.0. The van der Waals surface area contributed by atoms with Crippen LogP contribution in [0.5, 0.6) is 11.5 Å². The molecule has 6 N–H and O–H groups in total. The van der Waals surface area contributed by atoms with Crippen molar-refractivity contribution in [3.05, 3.63) is 117 Å². The number of nitrogens with one attached hydrogen (secondary N) is 4. The number of carbonyl (C=O) groups excluding carboxylic acids is 7. The quantitative estimate of drug-likeness (QED) is 0.0589. The number of amides is 9. The van der Waals surface area contributed by atoms with Gasteiger partial charge in [0.2, 0.25) is 26.0 Å². The van der Waals surface area contributed by atoms with Crippen LogP contribution >= 0.6 is 0 Å². The van der Waals surface area contributed by atoms with Gasteiger partial charge >= 0.3 is 76.2 Å². The van der Waals surface area contributed by atoms with Crippen LogP contribution in [-0.2, 0) is 52.1 Å². The second-order valence-electron chi connectivity index (χ2n) is 25.7. The number of amidine groups is 1. The maximum Gasteiger partial charge on any atom is 1.00 e. The minimum absolute atomic E-state index is 0. The summed E-state index contributed by atoms with van der Waals surface area (Å²) in [6.07, 6.45) is -10.4. The summed E-state index contributed by atoms with van der Waals surface area (Å²) in [5.74, 6) is -8.88. The number of benzene rings is 4. The van der Waals surface area contributed by atoms with Crippen LogP contribution in [0, 0.1) is 39.3 Å². The fraction of sp³-hybridized carbons (Fsp3) is 0.500. The van der Waals surface area contributed by atoms with Gasteiger partial charge < -0.3 is 30.9 Å². The molecule has 5 heterocycles. The average Bonchev–Trinajstić information content (AvgIpc) is 1.68. The van der Waals surface area contributed by atoms with Crippen molar-refractivity contribution in [1.82, 2.24) is 29.9 Å². The Kier molecular flexibility index (Phi) is 26.2. The molecule has 1 spiro atoms. The zero-order valence-electron chi connectivity index (χ0n) is 57.1. The molecule has 0 atom stereocenters. The summed E-state index contributed by atoms with van der Waals surface area (Å²) >= 11 is 0. The monoisotopic (exact) mass is 1470 g/mol. The van der Waals surface area contributed by atoms with Crippen LogP contribution in [0.25, 0.3) is 0 Å². The SMILES string of the molecule is CC.CC(C)(C)[O-].Cc1cc(N2C(=O)NC(=O)C2(C)C)cc(C)c1CCS(=O)(=O)N1CCC(NC(=O)c2ccc(F)c(OC(F)(F)F)c2)(C(N)=O)CC1.Cc1cc(N2C(=O)NC(=O)C2(C)C)cc(C)c1CCS(=O)(=O)N1CCC2(CC1)N=C(c1ccc(F)c(OC(F)(F)F)c1)NC2=O.[K+]. The van der Waals surface area contributed by atoms with E-state index in [1.54, 1.807) is 100 Å². The number of anilines is 2. The van der Waals surface area contributed by atoms with E-state index in [1.807, 2.05) is 13.8 Å². The first-order valence-corrected chi connectivity index (χ1v) is 34.0. The molecule has 0 aromatic heterocycles. The molecule has 9 rings (SSSR count). The molecule has 9 amide bonds. The Morgan fingerprint density at radius 2 is 0.970 bits per heavy atom. The predicted octanol–water partition coefficient (Wildman–Crippen LogP) is 4.43. The number of piperidine rings is 2. The molecule has 4 aromatic carbocycles. The summed E-state index contributed by atoms with van der Waals surface area (Å²) in [5.41, 5.74) is 4.64. The van der Waals surface area contributed by atoms with Crippen LogP contribution in [0.4, 0.5) is 56.1 Å². The van der Waals surface area contributed by atoms with Gasteiger partial charge in [0.25, 0.3) is 23.6 Å². The molecule has 4 fully saturated rings. The van der Waals surface area contributed by atoms with Gasteiger partial charge in [0.15, 0.2) is 23.1 Å². The number of primary amides is 1. The van der Waals surface area contributed by atoms with E-state index in [1.165, 1.54) is 14.1 Å². The van der Waals surface area contributed by atoms with Gasteiger partial charge in [0, 0.05) is 48.7 Å². The largest absolute Gasteiger partial charge is 1.00 e. The first-order valence-electron chi connectivity index (χ1n) is 30.8. The molecule has 538 valence electrons. The molecule has 0 radical (unpaired) electrons. The molecule has 24 nitrogen and oxygen atoms in total. The van der Waals surface area contributed by atoms with Crippen LogP contribution in [0.15, 0.2) is 65.7 Å². The standard InChI is InChI=1S/C29H33F4N5O7S.C29H31F4N5O6S.C4H9O.C2H6.K/c1-16-13-19(38-26(42)35-25(41)27(38,3)4)14-17(2)20(16)7-12-46(43,44)37-10-8-28(9-11-37,24(34)40)36-23(39)18-5-6-21(30)22(15-18)45-29(31,32)33;1-16-13-19(38-26(41)35-24(39)27(38,3)4)14-17(2)20(16)7-12-45(42,43)37-10-8-28(9-11-37)25(40)34-23(36-28)18-5-6-21(30)22(15-18)44-29(31,32)33;1-4(2,3)5;1-2;/h5-6,13-15H,7-12H2,1-4H3,(H2,34,40)(H,36,39)(H,35,41,42);5-6,13-15H,7-12H2,1-4H3,(H,34,36,40)(H,35,39,41);1-3H3;1-2H3;/q;;-1;;+1. The second kappa shape index (κ2) is 31.3. The van der Waals surface area contributed by atoms with E-state index in [0.29, 0.717) is 34.6 Å². The Labute approximate surface area is 611 Å². The Bertz CT molecular complexity index is 4000.